The van der Waals surface area contributed by atoms with Crippen molar-refractivity contribution in [3.05, 3.63) is 40.6 Å². The molecule has 2 aromatic heterocycles. The van der Waals surface area contributed by atoms with Crippen LogP contribution in [-0.4, -0.2) is 21.8 Å². The van der Waals surface area contributed by atoms with Gasteiger partial charge in [-0.15, -0.1) is 0 Å². The average molecular weight is 302 g/mol. The fourth-order valence-corrected chi connectivity index (χ4v) is 3.57. The Morgan fingerprint density at radius 2 is 2.14 bits per heavy atom. The van der Waals surface area contributed by atoms with Gasteiger partial charge < -0.3 is 9.30 Å². The zero-order valence-corrected chi connectivity index (χ0v) is 12.4. The fourth-order valence-electron chi connectivity index (χ4n) is 3.57. The highest BCUT2D eigenvalue weighted by Crippen LogP contribution is 2.44. The number of hydrogen-bond donors (Lipinski definition) is 0. The minimum absolute atomic E-state index is 0.0855. The van der Waals surface area contributed by atoms with Gasteiger partial charge in [-0.3, -0.25) is 9.78 Å². The van der Waals surface area contributed by atoms with Crippen LogP contribution < -0.4 is 5.56 Å². The fraction of sp³-hybridized carbons (Fsp3) is 0.529. The molecule has 2 fully saturated rings. The summed E-state index contributed by atoms with van der Waals surface area (Å²) in [5.74, 6) is 0.218. The third-order valence-electron chi connectivity index (χ3n) is 5.13. The van der Waals surface area contributed by atoms with Crippen LogP contribution in [0.25, 0.3) is 11.0 Å². The summed E-state index contributed by atoms with van der Waals surface area (Å²) in [5.41, 5.74) is 1.37. The minimum atomic E-state index is -0.405. The minimum Gasteiger partial charge on any atom is -0.370 e. The van der Waals surface area contributed by atoms with Gasteiger partial charge in [0.05, 0.1) is 29.4 Å². The van der Waals surface area contributed by atoms with Gasteiger partial charge in [-0.2, -0.15) is 0 Å². The maximum Gasteiger partial charge on any atom is 0.251 e. The molecule has 0 radical (unpaired) electrons. The van der Waals surface area contributed by atoms with Crippen molar-refractivity contribution in [3.63, 3.8) is 0 Å². The number of halogens is 1. The van der Waals surface area contributed by atoms with Gasteiger partial charge in [0, 0.05) is 18.7 Å². The van der Waals surface area contributed by atoms with Gasteiger partial charge in [0.2, 0.25) is 0 Å². The van der Waals surface area contributed by atoms with E-state index in [0.29, 0.717) is 23.5 Å². The first-order valence-corrected chi connectivity index (χ1v) is 7.94. The number of fused-ring (bicyclic) bond motifs is 1. The molecule has 0 amide bonds. The molecule has 4 nitrogen and oxygen atoms in total. The summed E-state index contributed by atoms with van der Waals surface area (Å²) in [6.45, 7) is 1.55. The maximum absolute atomic E-state index is 13.4. The Morgan fingerprint density at radius 3 is 2.86 bits per heavy atom. The van der Waals surface area contributed by atoms with E-state index in [2.05, 4.69) is 4.98 Å². The van der Waals surface area contributed by atoms with Crippen molar-refractivity contribution < 1.29 is 9.13 Å². The molecule has 0 unspecified atom stereocenters. The van der Waals surface area contributed by atoms with E-state index in [4.69, 9.17) is 4.74 Å². The number of epoxide rings is 1. The van der Waals surface area contributed by atoms with Crippen LogP contribution in [-0.2, 0) is 11.3 Å². The van der Waals surface area contributed by atoms with Gasteiger partial charge in [-0.25, -0.2) is 4.39 Å². The highest BCUT2D eigenvalue weighted by atomic mass is 19.1. The third kappa shape index (κ3) is 2.54. The molecule has 4 rings (SSSR count). The molecule has 1 aliphatic carbocycles. The SMILES string of the molecule is O=c1ccc2ncc(F)cc2n1CCC1CCC2(CC1)CO2. The van der Waals surface area contributed by atoms with E-state index in [1.165, 1.54) is 18.3 Å². The van der Waals surface area contributed by atoms with E-state index in [0.717, 1.165) is 38.7 Å². The molecule has 0 bridgehead atoms. The zero-order valence-electron chi connectivity index (χ0n) is 12.4. The van der Waals surface area contributed by atoms with E-state index in [1.54, 1.807) is 10.6 Å². The lowest BCUT2D eigenvalue weighted by atomic mass is 9.80. The molecule has 1 aliphatic heterocycles. The van der Waals surface area contributed by atoms with Crippen molar-refractivity contribution in [2.24, 2.45) is 5.92 Å². The van der Waals surface area contributed by atoms with Crippen molar-refractivity contribution in [2.75, 3.05) is 6.61 Å². The Bertz CT molecular complexity index is 757. The lowest BCUT2D eigenvalue weighted by Crippen LogP contribution is -2.25. The van der Waals surface area contributed by atoms with E-state index in [1.807, 2.05) is 0 Å². The normalized spacial score (nSPS) is 27.4. The van der Waals surface area contributed by atoms with Crippen molar-refractivity contribution in [3.8, 4) is 0 Å². The first-order valence-electron chi connectivity index (χ1n) is 7.94. The molecule has 2 aromatic rings. The van der Waals surface area contributed by atoms with Crippen molar-refractivity contribution in [1.82, 2.24) is 9.55 Å². The third-order valence-corrected chi connectivity index (χ3v) is 5.13. The van der Waals surface area contributed by atoms with E-state index < -0.39 is 5.82 Å². The molecule has 0 aromatic carbocycles. The highest BCUT2D eigenvalue weighted by molar-refractivity contribution is 5.74. The molecule has 116 valence electrons. The van der Waals surface area contributed by atoms with Crippen LogP contribution in [0.5, 0.6) is 0 Å². The van der Waals surface area contributed by atoms with Crippen molar-refractivity contribution in [2.45, 2.75) is 44.2 Å². The topological polar surface area (TPSA) is 47.4 Å². The van der Waals surface area contributed by atoms with Gasteiger partial charge in [0.15, 0.2) is 0 Å². The molecule has 0 N–H and O–H groups in total. The number of nitrogens with zero attached hydrogens (tertiary/aromatic N) is 2. The first-order chi connectivity index (χ1) is 10.7. The summed E-state index contributed by atoms with van der Waals surface area (Å²) in [5, 5.41) is 0. The Hall–Kier alpha value is -1.75. The van der Waals surface area contributed by atoms with Crippen LogP contribution in [0, 0.1) is 11.7 Å². The van der Waals surface area contributed by atoms with E-state index in [-0.39, 0.29) is 11.2 Å². The Kier molecular flexibility index (Phi) is 3.26. The molecule has 3 heterocycles. The first kappa shape index (κ1) is 13.9. The average Bonchev–Trinajstić information content (AvgIpc) is 3.27. The number of pyridine rings is 2. The van der Waals surface area contributed by atoms with Gasteiger partial charge in [-0.1, -0.05) is 0 Å². The highest BCUT2D eigenvalue weighted by Gasteiger charge is 2.46. The number of ether oxygens (including phenoxy) is 1. The summed E-state index contributed by atoms with van der Waals surface area (Å²) in [7, 11) is 0. The largest absolute Gasteiger partial charge is 0.370 e. The van der Waals surface area contributed by atoms with E-state index >= 15 is 0 Å². The Morgan fingerprint density at radius 1 is 1.36 bits per heavy atom. The predicted octanol–water partition coefficient (Wildman–Crippen LogP) is 2.88. The smallest absolute Gasteiger partial charge is 0.251 e. The number of hydrogen-bond acceptors (Lipinski definition) is 3. The number of rotatable bonds is 3. The van der Waals surface area contributed by atoms with Gasteiger partial charge >= 0.3 is 0 Å². The van der Waals surface area contributed by atoms with Gasteiger partial charge in [0.1, 0.15) is 5.82 Å². The lowest BCUT2D eigenvalue weighted by Gasteiger charge is -2.26. The van der Waals surface area contributed by atoms with Gasteiger partial charge in [0.25, 0.3) is 5.56 Å². The van der Waals surface area contributed by atoms with Crippen molar-refractivity contribution in [1.29, 1.82) is 0 Å². The molecule has 2 aliphatic rings. The molecule has 1 saturated heterocycles. The molecule has 1 saturated carbocycles. The predicted molar refractivity (Wildman–Crippen MR) is 81.2 cm³/mol. The van der Waals surface area contributed by atoms with Crippen LogP contribution in [0.2, 0.25) is 0 Å². The molecular weight excluding hydrogens is 283 g/mol. The number of aromatic nitrogens is 2. The van der Waals surface area contributed by atoms with E-state index in [9.17, 15) is 9.18 Å². The Balaban J connectivity index is 1.52. The quantitative estimate of drug-likeness (QED) is 0.819. The van der Waals surface area contributed by atoms with Crippen molar-refractivity contribution >= 4 is 11.0 Å². The second kappa shape index (κ2) is 5.16. The second-order valence-corrected chi connectivity index (χ2v) is 6.58. The molecule has 5 heteroatoms. The molecule has 1 spiro atoms. The van der Waals surface area contributed by atoms with Crippen LogP contribution in [0.1, 0.15) is 32.1 Å². The van der Waals surface area contributed by atoms with Gasteiger partial charge in [-0.05, 0) is 44.1 Å². The Labute approximate surface area is 127 Å². The molecule has 0 atom stereocenters. The van der Waals surface area contributed by atoms with Crippen LogP contribution in [0.3, 0.4) is 0 Å². The summed E-state index contributed by atoms with van der Waals surface area (Å²) in [6, 6.07) is 4.57. The lowest BCUT2D eigenvalue weighted by molar-refractivity contribution is 0.190. The maximum atomic E-state index is 13.4. The summed E-state index contributed by atoms with van der Waals surface area (Å²) in [4.78, 5) is 16.2. The summed E-state index contributed by atoms with van der Waals surface area (Å²) >= 11 is 0. The molecule has 22 heavy (non-hydrogen) atoms. The van der Waals surface area contributed by atoms with Crippen LogP contribution >= 0.6 is 0 Å². The standard InChI is InChI=1S/C17H19FN2O2/c18-13-9-15-14(19-10-13)1-2-16(21)20(15)8-5-12-3-6-17(7-4-12)11-22-17/h1-2,9-10,12H,3-8,11H2. The monoisotopic (exact) mass is 302 g/mol. The zero-order chi connectivity index (χ0) is 15.2. The molecular formula is C17H19FN2O2. The number of aryl methyl sites for hydroxylation is 1. The summed E-state index contributed by atoms with van der Waals surface area (Å²) in [6.07, 6.45) is 6.73. The van der Waals surface area contributed by atoms with Crippen LogP contribution in [0.15, 0.2) is 29.2 Å². The van der Waals surface area contributed by atoms with Crippen LogP contribution in [0.4, 0.5) is 4.39 Å². The second-order valence-electron chi connectivity index (χ2n) is 6.58. The summed E-state index contributed by atoms with van der Waals surface area (Å²) < 4.78 is 20.6.